The Morgan fingerprint density at radius 3 is 2.76 bits per heavy atom. The Morgan fingerprint density at radius 2 is 2.10 bits per heavy atom. The molecular formula is C14H18N4O2S. The molecule has 6 nitrogen and oxygen atoms in total. The molecule has 0 aromatic carbocycles. The molecule has 2 aromatic rings. The third-order valence-electron chi connectivity index (χ3n) is 2.68. The lowest BCUT2D eigenvalue weighted by Gasteiger charge is -2.06. The molecule has 2 N–H and O–H groups in total. The second-order valence-corrected chi connectivity index (χ2v) is 5.41. The maximum Gasteiger partial charge on any atom is 0.230 e. The minimum atomic E-state index is -0.0902. The number of hydrogen-bond donors (Lipinski definition) is 2. The van der Waals surface area contributed by atoms with Crippen molar-refractivity contribution >= 4 is 28.9 Å². The van der Waals surface area contributed by atoms with Crippen molar-refractivity contribution in [3.63, 3.8) is 0 Å². The van der Waals surface area contributed by atoms with Crippen molar-refractivity contribution in [1.82, 2.24) is 10.2 Å². The van der Waals surface area contributed by atoms with Gasteiger partial charge in [0.05, 0.1) is 6.42 Å². The Balaban J connectivity index is 1.77. The number of carbonyl (C=O) groups is 1. The average molecular weight is 306 g/mol. The molecule has 2 aromatic heterocycles. The van der Waals surface area contributed by atoms with Crippen molar-refractivity contribution in [2.45, 2.75) is 12.8 Å². The molecule has 0 saturated carbocycles. The number of methoxy groups -OCH3 is 1. The number of nitrogens with one attached hydrogen (secondary N) is 2. The molecule has 0 aliphatic carbocycles. The summed E-state index contributed by atoms with van der Waals surface area (Å²) < 4.78 is 4.96. The highest BCUT2D eigenvalue weighted by atomic mass is 32.1. The minimum absolute atomic E-state index is 0.0902. The van der Waals surface area contributed by atoms with Gasteiger partial charge in [-0.25, -0.2) is 0 Å². The molecule has 0 aliphatic rings. The van der Waals surface area contributed by atoms with Gasteiger partial charge in [0, 0.05) is 25.1 Å². The SMILES string of the molecule is COCCCNc1ccc(NC(=O)Cc2cccs2)nn1. The van der Waals surface area contributed by atoms with E-state index >= 15 is 0 Å². The molecule has 0 radical (unpaired) electrons. The summed E-state index contributed by atoms with van der Waals surface area (Å²) in [6.07, 6.45) is 1.26. The lowest BCUT2D eigenvalue weighted by Crippen LogP contribution is -2.15. The number of nitrogens with zero attached hydrogens (tertiary/aromatic N) is 2. The summed E-state index contributed by atoms with van der Waals surface area (Å²) in [6.45, 7) is 1.48. The Kier molecular flexibility index (Phi) is 6.11. The molecule has 0 bridgehead atoms. The first kappa shape index (κ1) is 15.4. The Labute approximate surface area is 127 Å². The van der Waals surface area contributed by atoms with Gasteiger partial charge in [-0.3, -0.25) is 4.79 Å². The van der Waals surface area contributed by atoms with E-state index in [-0.39, 0.29) is 5.91 Å². The van der Waals surface area contributed by atoms with Crippen LogP contribution in [0.15, 0.2) is 29.6 Å². The second-order valence-electron chi connectivity index (χ2n) is 4.38. The van der Waals surface area contributed by atoms with Gasteiger partial charge in [-0.05, 0) is 30.0 Å². The van der Waals surface area contributed by atoms with Gasteiger partial charge in [-0.1, -0.05) is 6.07 Å². The van der Waals surface area contributed by atoms with Crippen LogP contribution in [0, 0.1) is 0 Å². The van der Waals surface area contributed by atoms with Crippen molar-refractivity contribution in [2.24, 2.45) is 0 Å². The number of hydrogen-bond acceptors (Lipinski definition) is 6. The number of rotatable bonds is 8. The maximum absolute atomic E-state index is 11.8. The van der Waals surface area contributed by atoms with Gasteiger partial charge in [0.25, 0.3) is 0 Å². The fourth-order valence-corrected chi connectivity index (χ4v) is 2.39. The van der Waals surface area contributed by atoms with E-state index < -0.39 is 0 Å². The van der Waals surface area contributed by atoms with Crippen molar-refractivity contribution in [2.75, 3.05) is 30.9 Å². The fourth-order valence-electron chi connectivity index (χ4n) is 1.68. The standard InChI is InChI=1S/C14H18N4O2S/c1-20-8-3-7-15-12-5-6-13(18-17-12)16-14(19)10-11-4-2-9-21-11/h2,4-6,9H,3,7-8,10H2,1H3,(H,15,17)(H,16,18,19). The minimum Gasteiger partial charge on any atom is -0.385 e. The zero-order chi connectivity index (χ0) is 14.9. The Bertz CT molecular complexity index is 543. The summed E-state index contributed by atoms with van der Waals surface area (Å²) >= 11 is 1.56. The molecule has 0 aliphatic heterocycles. The van der Waals surface area contributed by atoms with Crippen LogP contribution in [0.3, 0.4) is 0 Å². The topological polar surface area (TPSA) is 76.1 Å². The molecule has 0 fully saturated rings. The molecule has 0 unspecified atom stereocenters. The van der Waals surface area contributed by atoms with Crippen LogP contribution in [0.1, 0.15) is 11.3 Å². The highest BCUT2D eigenvalue weighted by molar-refractivity contribution is 7.10. The van der Waals surface area contributed by atoms with Crippen LogP contribution < -0.4 is 10.6 Å². The van der Waals surface area contributed by atoms with Gasteiger partial charge in [0.15, 0.2) is 5.82 Å². The molecule has 0 saturated heterocycles. The lowest BCUT2D eigenvalue weighted by atomic mass is 10.3. The summed E-state index contributed by atoms with van der Waals surface area (Å²) in [5.41, 5.74) is 0. The smallest absolute Gasteiger partial charge is 0.230 e. The number of carbonyl (C=O) groups excluding carboxylic acids is 1. The first-order valence-corrected chi connectivity index (χ1v) is 7.54. The van der Waals surface area contributed by atoms with E-state index in [4.69, 9.17) is 4.74 Å². The van der Waals surface area contributed by atoms with Gasteiger partial charge in [-0.2, -0.15) is 0 Å². The second kappa shape index (κ2) is 8.33. The zero-order valence-corrected chi connectivity index (χ0v) is 12.7. The van der Waals surface area contributed by atoms with Crippen molar-refractivity contribution in [3.8, 4) is 0 Å². The maximum atomic E-state index is 11.8. The van der Waals surface area contributed by atoms with Gasteiger partial charge in [0.1, 0.15) is 5.82 Å². The molecule has 2 heterocycles. The zero-order valence-electron chi connectivity index (χ0n) is 11.8. The number of aromatic nitrogens is 2. The average Bonchev–Trinajstić information content (AvgIpc) is 2.98. The van der Waals surface area contributed by atoms with Crippen LogP contribution in [0.4, 0.5) is 11.6 Å². The molecule has 1 amide bonds. The molecule has 21 heavy (non-hydrogen) atoms. The van der Waals surface area contributed by atoms with Crippen LogP contribution in [-0.4, -0.2) is 36.4 Å². The van der Waals surface area contributed by atoms with E-state index in [0.717, 1.165) is 17.8 Å². The van der Waals surface area contributed by atoms with E-state index in [1.165, 1.54) is 0 Å². The van der Waals surface area contributed by atoms with Gasteiger partial charge >= 0.3 is 0 Å². The van der Waals surface area contributed by atoms with E-state index in [2.05, 4.69) is 20.8 Å². The first-order valence-electron chi connectivity index (χ1n) is 6.66. The molecule has 112 valence electrons. The third-order valence-corrected chi connectivity index (χ3v) is 3.55. The predicted molar refractivity (Wildman–Crippen MR) is 83.7 cm³/mol. The van der Waals surface area contributed by atoms with Crippen LogP contribution in [0.5, 0.6) is 0 Å². The van der Waals surface area contributed by atoms with E-state index in [9.17, 15) is 4.79 Å². The largest absolute Gasteiger partial charge is 0.385 e. The first-order chi connectivity index (χ1) is 10.3. The predicted octanol–water partition coefficient (Wildman–Crippen LogP) is 2.17. The van der Waals surface area contributed by atoms with E-state index in [1.54, 1.807) is 30.6 Å². The van der Waals surface area contributed by atoms with Crippen LogP contribution in [0.2, 0.25) is 0 Å². The monoisotopic (exact) mass is 306 g/mol. The van der Waals surface area contributed by atoms with Crippen LogP contribution in [0.25, 0.3) is 0 Å². The summed E-state index contributed by atoms with van der Waals surface area (Å²) in [5, 5.41) is 15.8. The van der Waals surface area contributed by atoms with Gasteiger partial charge in [-0.15, -0.1) is 21.5 Å². The van der Waals surface area contributed by atoms with Gasteiger partial charge in [0.2, 0.25) is 5.91 Å². The summed E-state index contributed by atoms with van der Waals surface area (Å²) in [6, 6.07) is 7.39. The lowest BCUT2D eigenvalue weighted by molar-refractivity contribution is -0.115. The summed E-state index contributed by atoms with van der Waals surface area (Å²) in [5.74, 6) is 1.05. The van der Waals surface area contributed by atoms with Crippen molar-refractivity contribution in [1.29, 1.82) is 0 Å². The molecule has 0 spiro atoms. The van der Waals surface area contributed by atoms with E-state index in [0.29, 0.717) is 24.7 Å². The molecule has 2 rings (SSSR count). The highest BCUT2D eigenvalue weighted by Gasteiger charge is 2.06. The molecule has 7 heteroatoms. The van der Waals surface area contributed by atoms with Crippen LogP contribution >= 0.6 is 11.3 Å². The quantitative estimate of drug-likeness (QED) is 0.731. The van der Waals surface area contributed by atoms with Crippen molar-refractivity contribution < 1.29 is 9.53 Å². The number of thiophene rings is 1. The van der Waals surface area contributed by atoms with Gasteiger partial charge < -0.3 is 15.4 Å². The highest BCUT2D eigenvalue weighted by Crippen LogP contribution is 2.11. The normalized spacial score (nSPS) is 10.3. The summed E-state index contributed by atoms with van der Waals surface area (Å²) in [7, 11) is 1.67. The third kappa shape index (κ3) is 5.49. The summed E-state index contributed by atoms with van der Waals surface area (Å²) in [4.78, 5) is 12.8. The van der Waals surface area contributed by atoms with Crippen molar-refractivity contribution in [3.05, 3.63) is 34.5 Å². The van der Waals surface area contributed by atoms with E-state index in [1.807, 2.05) is 17.5 Å². The Hall–Kier alpha value is -1.99. The molecule has 0 atom stereocenters. The number of amides is 1. The fraction of sp³-hybridized carbons (Fsp3) is 0.357. The number of ether oxygens (including phenoxy) is 1. The molecular weight excluding hydrogens is 288 g/mol. The number of anilines is 2. The Morgan fingerprint density at radius 1 is 1.29 bits per heavy atom. The van der Waals surface area contributed by atoms with Crippen LogP contribution in [-0.2, 0) is 16.0 Å².